The standard InChI is InChI=1S/C21H28N4O3.HI/c1-3-23-21(25-14-17-6-4-5-7-19(17)27-2)24-13-12-16-8-10-18(11-9-16)28-15-20(22)26;/h4-11H,3,12-15H2,1-2H3,(H2,22,26)(H2,23,24,25);1H. The SMILES string of the molecule is CCNC(=NCc1ccccc1OC)NCCc1ccc(OCC(N)=O)cc1.I. The summed E-state index contributed by atoms with van der Waals surface area (Å²) in [5.41, 5.74) is 7.26. The van der Waals surface area contributed by atoms with Gasteiger partial charge in [-0.05, 0) is 37.1 Å². The van der Waals surface area contributed by atoms with Gasteiger partial charge in [-0.2, -0.15) is 0 Å². The highest BCUT2D eigenvalue weighted by Gasteiger charge is 2.03. The zero-order valence-electron chi connectivity index (χ0n) is 16.8. The van der Waals surface area contributed by atoms with Gasteiger partial charge in [-0.3, -0.25) is 4.79 Å². The zero-order valence-corrected chi connectivity index (χ0v) is 19.1. The lowest BCUT2D eigenvalue weighted by atomic mass is 10.1. The Kier molecular flexibility index (Phi) is 11.6. The number of carbonyl (C=O) groups is 1. The number of nitrogens with zero attached hydrogens (tertiary/aromatic N) is 1. The fourth-order valence-corrected chi connectivity index (χ4v) is 2.57. The van der Waals surface area contributed by atoms with Crippen molar-refractivity contribution in [3.05, 3.63) is 59.7 Å². The van der Waals surface area contributed by atoms with Crippen molar-refractivity contribution in [1.29, 1.82) is 0 Å². The molecular formula is C21H29IN4O3. The maximum absolute atomic E-state index is 10.7. The van der Waals surface area contributed by atoms with Crippen LogP contribution in [0.15, 0.2) is 53.5 Å². The summed E-state index contributed by atoms with van der Waals surface area (Å²) in [6.07, 6.45) is 0.829. The highest BCUT2D eigenvalue weighted by Crippen LogP contribution is 2.17. The van der Waals surface area contributed by atoms with Crippen molar-refractivity contribution in [2.24, 2.45) is 10.7 Å². The van der Waals surface area contributed by atoms with Gasteiger partial charge in [0.2, 0.25) is 0 Å². The Balaban J connectivity index is 0.00000420. The van der Waals surface area contributed by atoms with Crippen LogP contribution in [0, 0.1) is 0 Å². The van der Waals surface area contributed by atoms with E-state index in [0.717, 1.165) is 42.3 Å². The van der Waals surface area contributed by atoms with Crippen molar-refractivity contribution < 1.29 is 14.3 Å². The summed E-state index contributed by atoms with van der Waals surface area (Å²) >= 11 is 0. The van der Waals surface area contributed by atoms with Crippen LogP contribution in [0.5, 0.6) is 11.5 Å². The lowest BCUT2D eigenvalue weighted by Crippen LogP contribution is -2.38. The Labute approximate surface area is 189 Å². The lowest BCUT2D eigenvalue weighted by Gasteiger charge is -2.12. The average molecular weight is 512 g/mol. The van der Waals surface area contributed by atoms with E-state index in [-0.39, 0.29) is 30.6 Å². The molecule has 1 amide bonds. The second-order valence-corrected chi connectivity index (χ2v) is 6.08. The number of hydrogen-bond acceptors (Lipinski definition) is 4. The molecule has 0 bridgehead atoms. The van der Waals surface area contributed by atoms with Gasteiger partial charge in [-0.1, -0.05) is 30.3 Å². The van der Waals surface area contributed by atoms with Crippen LogP contribution in [0.3, 0.4) is 0 Å². The first kappa shape index (κ1) is 24.5. The van der Waals surface area contributed by atoms with Crippen molar-refractivity contribution in [2.45, 2.75) is 19.9 Å². The predicted molar refractivity (Wildman–Crippen MR) is 126 cm³/mol. The fraction of sp³-hybridized carbons (Fsp3) is 0.333. The summed E-state index contributed by atoms with van der Waals surface area (Å²) in [6.45, 7) is 3.97. The van der Waals surface area contributed by atoms with Crippen LogP contribution in [0.4, 0.5) is 0 Å². The van der Waals surface area contributed by atoms with E-state index in [1.807, 2.05) is 55.5 Å². The lowest BCUT2D eigenvalue weighted by molar-refractivity contribution is -0.119. The number of methoxy groups -OCH3 is 1. The molecule has 2 aromatic carbocycles. The first-order valence-corrected chi connectivity index (χ1v) is 9.26. The Morgan fingerprint density at radius 3 is 2.48 bits per heavy atom. The second-order valence-electron chi connectivity index (χ2n) is 6.08. The number of amides is 1. The molecule has 0 aromatic heterocycles. The number of nitrogens with two attached hydrogens (primary N) is 1. The van der Waals surface area contributed by atoms with Crippen molar-refractivity contribution in [1.82, 2.24) is 10.6 Å². The Bertz CT molecular complexity index is 782. The van der Waals surface area contributed by atoms with E-state index in [2.05, 4.69) is 15.6 Å². The number of carbonyl (C=O) groups excluding carboxylic acids is 1. The molecule has 158 valence electrons. The molecule has 0 heterocycles. The minimum atomic E-state index is -0.489. The van der Waals surface area contributed by atoms with Crippen LogP contribution < -0.4 is 25.8 Å². The van der Waals surface area contributed by atoms with Crippen molar-refractivity contribution >= 4 is 35.8 Å². The molecule has 0 aliphatic carbocycles. The first-order chi connectivity index (χ1) is 13.6. The van der Waals surface area contributed by atoms with Crippen molar-refractivity contribution in [2.75, 3.05) is 26.8 Å². The topological polar surface area (TPSA) is 98.0 Å². The molecule has 4 N–H and O–H groups in total. The summed E-state index contributed by atoms with van der Waals surface area (Å²) in [7, 11) is 1.66. The van der Waals surface area contributed by atoms with E-state index in [0.29, 0.717) is 12.3 Å². The second kappa shape index (κ2) is 13.6. The summed E-state index contributed by atoms with van der Waals surface area (Å²) in [6, 6.07) is 15.5. The predicted octanol–water partition coefficient (Wildman–Crippen LogP) is 2.48. The summed E-state index contributed by atoms with van der Waals surface area (Å²) < 4.78 is 10.6. The van der Waals surface area contributed by atoms with E-state index in [1.54, 1.807) is 7.11 Å². The molecule has 0 aliphatic heterocycles. The zero-order chi connectivity index (χ0) is 20.2. The number of benzene rings is 2. The molecular weight excluding hydrogens is 483 g/mol. The smallest absolute Gasteiger partial charge is 0.255 e. The number of guanidine groups is 1. The van der Waals surface area contributed by atoms with Crippen LogP contribution in [0.2, 0.25) is 0 Å². The average Bonchev–Trinajstić information content (AvgIpc) is 2.71. The van der Waals surface area contributed by atoms with Gasteiger partial charge < -0.3 is 25.8 Å². The monoisotopic (exact) mass is 512 g/mol. The maximum Gasteiger partial charge on any atom is 0.255 e. The minimum absolute atomic E-state index is 0. The van der Waals surface area contributed by atoms with E-state index in [4.69, 9.17) is 15.2 Å². The number of aliphatic imine (C=N–C) groups is 1. The fourth-order valence-electron chi connectivity index (χ4n) is 2.57. The van der Waals surface area contributed by atoms with Crippen molar-refractivity contribution in [3.63, 3.8) is 0 Å². The highest BCUT2D eigenvalue weighted by molar-refractivity contribution is 14.0. The molecule has 0 atom stereocenters. The molecule has 0 spiro atoms. The molecule has 2 aromatic rings. The number of halogens is 1. The number of para-hydroxylation sites is 1. The third-order valence-corrected chi connectivity index (χ3v) is 3.95. The highest BCUT2D eigenvalue weighted by atomic mass is 127. The van der Waals surface area contributed by atoms with Gasteiger partial charge in [0.25, 0.3) is 5.91 Å². The van der Waals surface area contributed by atoms with Gasteiger partial charge in [0, 0.05) is 18.7 Å². The van der Waals surface area contributed by atoms with Crippen molar-refractivity contribution in [3.8, 4) is 11.5 Å². The molecule has 0 unspecified atom stereocenters. The number of rotatable bonds is 10. The van der Waals surface area contributed by atoms with E-state index in [9.17, 15) is 4.79 Å². The van der Waals surface area contributed by atoms with Crippen LogP contribution >= 0.6 is 24.0 Å². The van der Waals surface area contributed by atoms with Gasteiger partial charge in [-0.15, -0.1) is 24.0 Å². The molecule has 0 saturated carbocycles. The Hall–Kier alpha value is -2.49. The van der Waals surface area contributed by atoms with E-state index < -0.39 is 5.91 Å². The van der Waals surface area contributed by atoms with Gasteiger partial charge >= 0.3 is 0 Å². The molecule has 7 nitrogen and oxygen atoms in total. The first-order valence-electron chi connectivity index (χ1n) is 9.26. The number of nitrogens with one attached hydrogen (secondary N) is 2. The van der Waals surface area contributed by atoms with Crippen LogP contribution in [-0.4, -0.2) is 38.7 Å². The maximum atomic E-state index is 10.7. The normalized spacial score (nSPS) is 10.6. The summed E-state index contributed by atoms with van der Waals surface area (Å²) in [4.78, 5) is 15.4. The van der Waals surface area contributed by atoms with Gasteiger partial charge in [0.15, 0.2) is 12.6 Å². The van der Waals surface area contributed by atoms with E-state index >= 15 is 0 Å². The van der Waals surface area contributed by atoms with Gasteiger partial charge in [-0.25, -0.2) is 4.99 Å². The van der Waals surface area contributed by atoms with Crippen LogP contribution in [0.1, 0.15) is 18.1 Å². The summed E-state index contributed by atoms with van der Waals surface area (Å²) in [5.74, 6) is 1.73. The Morgan fingerprint density at radius 1 is 1.10 bits per heavy atom. The molecule has 2 rings (SSSR count). The molecule has 29 heavy (non-hydrogen) atoms. The molecule has 0 saturated heterocycles. The minimum Gasteiger partial charge on any atom is -0.496 e. The van der Waals surface area contributed by atoms with Gasteiger partial charge in [0.05, 0.1) is 13.7 Å². The third-order valence-electron chi connectivity index (χ3n) is 3.95. The van der Waals surface area contributed by atoms with Crippen LogP contribution in [-0.2, 0) is 17.8 Å². The molecule has 8 heteroatoms. The molecule has 0 aliphatic rings. The summed E-state index contributed by atoms with van der Waals surface area (Å²) in [5, 5.41) is 6.58. The Morgan fingerprint density at radius 2 is 1.83 bits per heavy atom. The third kappa shape index (κ3) is 9.03. The van der Waals surface area contributed by atoms with E-state index in [1.165, 1.54) is 0 Å². The quantitative estimate of drug-likeness (QED) is 0.258. The number of ether oxygens (including phenoxy) is 2. The number of primary amides is 1. The van der Waals surface area contributed by atoms with Crippen LogP contribution in [0.25, 0.3) is 0 Å². The number of hydrogen-bond donors (Lipinski definition) is 3. The molecule has 0 radical (unpaired) electrons. The van der Waals surface area contributed by atoms with Gasteiger partial charge in [0.1, 0.15) is 11.5 Å². The molecule has 0 fully saturated rings. The largest absolute Gasteiger partial charge is 0.496 e.